The van der Waals surface area contributed by atoms with Crippen molar-refractivity contribution in [2.75, 3.05) is 7.11 Å². The molecule has 0 fully saturated rings. The van der Waals surface area contributed by atoms with E-state index < -0.39 is 9.84 Å². The van der Waals surface area contributed by atoms with Gasteiger partial charge < -0.3 is 9.47 Å². The van der Waals surface area contributed by atoms with Gasteiger partial charge in [-0.2, -0.15) is 0 Å². The van der Waals surface area contributed by atoms with Gasteiger partial charge in [-0.1, -0.05) is 25.2 Å². The molecule has 0 heterocycles. The van der Waals surface area contributed by atoms with Gasteiger partial charge in [-0.25, -0.2) is 8.42 Å². The van der Waals surface area contributed by atoms with Gasteiger partial charge in [0.1, 0.15) is 17.2 Å². The van der Waals surface area contributed by atoms with Crippen LogP contribution in [0.3, 0.4) is 0 Å². The van der Waals surface area contributed by atoms with Crippen molar-refractivity contribution in [3.63, 3.8) is 0 Å². The SMILES string of the molecule is COc1ccc(Oc2ccc(S(=O)(=O)C3=C/C=C/C(C)C/C=C\3)cc2)cc1. The first kappa shape index (κ1) is 19.0. The molecule has 0 spiro atoms. The molecule has 5 heteroatoms. The molecule has 0 aromatic heterocycles. The molecule has 0 saturated carbocycles. The number of allylic oxidation sites excluding steroid dienone is 5. The Morgan fingerprint density at radius 3 is 2.15 bits per heavy atom. The number of rotatable bonds is 5. The molecule has 2 aromatic rings. The first-order valence-electron chi connectivity index (χ1n) is 8.71. The van der Waals surface area contributed by atoms with E-state index in [-0.39, 0.29) is 9.80 Å². The molecular weight excluding hydrogens is 360 g/mol. The highest BCUT2D eigenvalue weighted by Crippen LogP contribution is 2.27. The van der Waals surface area contributed by atoms with Crippen molar-refractivity contribution in [1.29, 1.82) is 0 Å². The molecule has 3 rings (SSSR count). The summed E-state index contributed by atoms with van der Waals surface area (Å²) in [5.41, 5.74) is 0. The summed E-state index contributed by atoms with van der Waals surface area (Å²) in [5, 5.41) is 0. The third-order valence-electron chi connectivity index (χ3n) is 4.23. The number of benzene rings is 2. The Morgan fingerprint density at radius 2 is 1.52 bits per heavy atom. The molecule has 4 nitrogen and oxygen atoms in total. The van der Waals surface area contributed by atoms with E-state index in [1.807, 2.05) is 18.2 Å². The number of ether oxygens (including phenoxy) is 2. The van der Waals surface area contributed by atoms with Gasteiger partial charge >= 0.3 is 0 Å². The third-order valence-corrected chi connectivity index (χ3v) is 6.02. The average molecular weight is 382 g/mol. The van der Waals surface area contributed by atoms with E-state index in [0.29, 0.717) is 17.4 Å². The largest absolute Gasteiger partial charge is 0.497 e. The first-order valence-corrected chi connectivity index (χ1v) is 10.2. The maximum absolute atomic E-state index is 12.9. The Kier molecular flexibility index (Phi) is 5.81. The fraction of sp³-hybridized carbons (Fsp3) is 0.182. The van der Waals surface area contributed by atoms with Gasteiger partial charge in [0.05, 0.1) is 16.9 Å². The van der Waals surface area contributed by atoms with Crippen LogP contribution in [0, 0.1) is 5.92 Å². The molecule has 1 aliphatic rings. The highest BCUT2D eigenvalue weighted by atomic mass is 32.2. The Labute approximate surface area is 160 Å². The van der Waals surface area contributed by atoms with Gasteiger partial charge in [-0.3, -0.25) is 0 Å². The van der Waals surface area contributed by atoms with E-state index in [1.165, 1.54) is 0 Å². The molecule has 1 unspecified atom stereocenters. The molecule has 1 aliphatic carbocycles. The third kappa shape index (κ3) is 4.68. The second-order valence-corrected chi connectivity index (χ2v) is 8.27. The van der Waals surface area contributed by atoms with E-state index in [2.05, 4.69) is 6.92 Å². The lowest BCUT2D eigenvalue weighted by Crippen LogP contribution is -2.04. The molecule has 140 valence electrons. The van der Waals surface area contributed by atoms with Crippen LogP contribution in [0.1, 0.15) is 13.3 Å². The summed E-state index contributed by atoms with van der Waals surface area (Å²) >= 11 is 0. The van der Waals surface area contributed by atoms with Gasteiger partial charge in [-0.05, 0) is 73.0 Å². The zero-order valence-electron chi connectivity index (χ0n) is 15.3. The highest BCUT2D eigenvalue weighted by Gasteiger charge is 2.19. The second kappa shape index (κ2) is 8.27. The number of hydrogen-bond acceptors (Lipinski definition) is 4. The number of hydrogen-bond donors (Lipinski definition) is 0. The van der Waals surface area contributed by atoms with Crippen molar-refractivity contribution in [1.82, 2.24) is 0 Å². The summed E-state index contributed by atoms with van der Waals surface area (Å²) in [6, 6.07) is 13.6. The molecule has 0 bridgehead atoms. The van der Waals surface area contributed by atoms with Gasteiger partial charge in [0.2, 0.25) is 9.84 Å². The van der Waals surface area contributed by atoms with Crippen molar-refractivity contribution in [3.05, 3.63) is 83.8 Å². The van der Waals surface area contributed by atoms with E-state index in [1.54, 1.807) is 67.8 Å². The molecule has 1 atom stereocenters. The van der Waals surface area contributed by atoms with E-state index in [0.717, 1.165) is 12.2 Å². The quantitative estimate of drug-likeness (QED) is 0.704. The lowest BCUT2D eigenvalue weighted by atomic mass is 10.1. The van der Waals surface area contributed by atoms with E-state index in [9.17, 15) is 8.42 Å². The van der Waals surface area contributed by atoms with Crippen LogP contribution in [0.4, 0.5) is 0 Å². The van der Waals surface area contributed by atoms with Gasteiger partial charge in [0.25, 0.3) is 0 Å². The van der Waals surface area contributed by atoms with E-state index in [4.69, 9.17) is 9.47 Å². The molecule has 0 aliphatic heterocycles. The summed E-state index contributed by atoms with van der Waals surface area (Å²) in [5.74, 6) is 2.36. The van der Waals surface area contributed by atoms with Crippen LogP contribution in [0.5, 0.6) is 17.2 Å². The van der Waals surface area contributed by atoms with Crippen LogP contribution in [-0.4, -0.2) is 15.5 Å². The van der Waals surface area contributed by atoms with Gasteiger partial charge in [0, 0.05) is 0 Å². The molecule has 0 amide bonds. The Bertz CT molecular complexity index is 966. The van der Waals surface area contributed by atoms with Crippen LogP contribution in [0.25, 0.3) is 0 Å². The summed E-state index contributed by atoms with van der Waals surface area (Å²) < 4.78 is 36.6. The molecular formula is C22H22O4S. The van der Waals surface area contributed by atoms with Crippen molar-refractivity contribution in [2.45, 2.75) is 18.2 Å². The first-order chi connectivity index (χ1) is 13.0. The summed E-state index contributed by atoms with van der Waals surface area (Å²) in [7, 11) is -1.96. The molecule has 0 N–H and O–H groups in total. The van der Waals surface area contributed by atoms with Crippen LogP contribution in [0.15, 0.2) is 88.7 Å². The van der Waals surface area contributed by atoms with Gasteiger partial charge in [0.15, 0.2) is 0 Å². The average Bonchev–Trinajstić information content (AvgIpc) is 2.65. The number of sulfone groups is 1. The number of methoxy groups -OCH3 is 1. The van der Waals surface area contributed by atoms with Crippen LogP contribution in [0.2, 0.25) is 0 Å². The molecule has 2 aromatic carbocycles. The molecule has 27 heavy (non-hydrogen) atoms. The highest BCUT2D eigenvalue weighted by molar-refractivity contribution is 7.95. The predicted molar refractivity (Wildman–Crippen MR) is 107 cm³/mol. The van der Waals surface area contributed by atoms with Crippen molar-refractivity contribution >= 4 is 9.84 Å². The Balaban J connectivity index is 1.79. The fourth-order valence-corrected chi connectivity index (χ4v) is 3.95. The summed E-state index contributed by atoms with van der Waals surface area (Å²) in [6.07, 6.45) is 9.85. The van der Waals surface area contributed by atoms with Crippen LogP contribution < -0.4 is 9.47 Å². The van der Waals surface area contributed by atoms with Gasteiger partial charge in [-0.15, -0.1) is 0 Å². The van der Waals surface area contributed by atoms with E-state index >= 15 is 0 Å². The Hall–Kier alpha value is -2.79. The summed E-state index contributed by atoms with van der Waals surface area (Å²) in [4.78, 5) is 0.525. The maximum Gasteiger partial charge on any atom is 0.206 e. The van der Waals surface area contributed by atoms with Crippen LogP contribution >= 0.6 is 0 Å². The minimum Gasteiger partial charge on any atom is -0.497 e. The van der Waals surface area contributed by atoms with Crippen molar-refractivity contribution in [2.24, 2.45) is 5.92 Å². The lowest BCUT2D eigenvalue weighted by molar-refractivity contribution is 0.413. The van der Waals surface area contributed by atoms with Crippen molar-refractivity contribution in [3.8, 4) is 17.2 Å². The second-order valence-electron chi connectivity index (χ2n) is 6.32. The zero-order chi connectivity index (χ0) is 19.3. The Morgan fingerprint density at radius 1 is 0.926 bits per heavy atom. The minimum atomic E-state index is -3.57. The summed E-state index contributed by atoms with van der Waals surface area (Å²) in [6.45, 7) is 2.09. The topological polar surface area (TPSA) is 52.6 Å². The fourth-order valence-electron chi connectivity index (χ4n) is 2.65. The molecule has 0 radical (unpaired) electrons. The van der Waals surface area contributed by atoms with Crippen LogP contribution in [-0.2, 0) is 9.84 Å². The lowest BCUT2D eigenvalue weighted by Gasteiger charge is -2.10. The molecule has 0 saturated heterocycles. The normalized spacial score (nSPS) is 21.3. The monoisotopic (exact) mass is 382 g/mol. The standard InChI is InChI=1S/C22H22O4S/c1-17-5-3-7-21(8-4-6-17)27(23,24)22-15-13-20(14-16-22)26-19-11-9-18(25-2)10-12-19/h3-5,7-17H,6H2,1-2H3/b5-3+,8-4-,21-7+. The minimum absolute atomic E-state index is 0.238. The maximum atomic E-state index is 12.9. The zero-order valence-corrected chi connectivity index (χ0v) is 16.1. The smallest absolute Gasteiger partial charge is 0.206 e. The predicted octanol–water partition coefficient (Wildman–Crippen LogP) is 5.30. The van der Waals surface area contributed by atoms with Crippen molar-refractivity contribution < 1.29 is 17.9 Å².